The molecule has 0 spiro atoms. The molecular weight excluding hydrogens is 279 g/mol. The standard InChI is InChI=1S/C9H13ClF3NO4/c1-17-8(16)6(10)4-14-7(15)2-3-18-5-9(11,12)13/h6H,2-5H2,1H3,(H,14,15). The SMILES string of the molecule is COC(=O)C(Cl)CNC(=O)CCOCC(F)(F)F. The van der Waals surface area contributed by atoms with E-state index in [0.29, 0.717) is 0 Å². The van der Waals surface area contributed by atoms with Gasteiger partial charge in [0, 0.05) is 13.0 Å². The molecule has 1 amide bonds. The fourth-order valence-corrected chi connectivity index (χ4v) is 1.02. The van der Waals surface area contributed by atoms with Gasteiger partial charge in [-0.3, -0.25) is 9.59 Å². The number of hydrogen-bond acceptors (Lipinski definition) is 4. The Bertz CT molecular complexity index is 285. The van der Waals surface area contributed by atoms with E-state index in [1.165, 1.54) is 0 Å². The summed E-state index contributed by atoms with van der Waals surface area (Å²) in [5.74, 6) is -1.27. The first-order chi connectivity index (χ1) is 8.26. The van der Waals surface area contributed by atoms with Gasteiger partial charge in [0.15, 0.2) is 0 Å². The molecule has 0 aliphatic rings. The van der Waals surface area contributed by atoms with Gasteiger partial charge in [-0.2, -0.15) is 13.2 Å². The second-order valence-electron chi connectivity index (χ2n) is 3.21. The molecule has 18 heavy (non-hydrogen) atoms. The summed E-state index contributed by atoms with van der Waals surface area (Å²) in [6, 6.07) is 0. The van der Waals surface area contributed by atoms with Crippen LogP contribution in [-0.4, -0.2) is 50.3 Å². The van der Waals surface area contributed by atoms with E-state index in [-0.39, 0.29) is 19.6 Å². The highest BCUT2D eigenvalue weighted by Gasteiger charge is 2.27. The Labute approximate surface area is 107 Å². The first-order valence-corrected chi connectivity index (χ1v) is 5.33. The van der Waals surface area contributed by atoms with Gasteiger partial charge < -0.3 is 14.8 Å². The van der Waals surface area contributed by atoms with Crippen LogP contribution in [0, 0.1) is 0 Å². The molecule has 0 radical (unpaired) electrons. The first-order valence-electron chi connectivity index (χ1n) is 4.89. The number of halogens is 4. The molecule has 1 N–H and O–H groups in total. The van der Waals surface area contributed by atoms with Crippen LogP contribution in [0.25, 0.3) is 0 Å². The minimum Gasteiger partial charge on any atom is -0.468 e. The molecule has 0 saturated heterocycles. The highest BCUT2D eigenvalue weighted by molar-refractivity contribution is 6.30. The third kappa shape index (κ3) is 9.06. The van der Waals surface area contributed by atoms with E-state index in [9.17, 15) is 22.8 Å². The van der Waals surface area contributed by atoms with Crippen LogP contribution in [-0.2, 0) is 19.1 Å². The lowest BCUT2D eigenvalue weighted by atomic mass is 10.3. The topological polar surface area (TPSA) is 64.6 Å². The van der Waals surface area contributed by atoms with Crippen LogP contribution in [0.5, 0.6) is 0 Å². The largest absolute Gasteiger partial charge is 0.468 e. The van der Waals surface area contributed by atoms with Crippen LogP contribution in [0.3, 0.4) is 0 Å². The van der Waals surface area contributed by atoms with Crippen LogP contribution in [0.4, 0.5) is 13.2 Å². The van der Waals surface area contributed by atoms with Gasteiger partial charge in [-0.05, 0) is 0 Å². The molecule has 0 aromatic rings. The van der Waals surface area contributed by atoms with Crippen molar-refractivity contribution >= 4 is 23.5 Å². The van der Waals surface area contributed by atoms with Gasteiger partial charge in [-0.1, -0.05) is 0 Å². The average Bonchev–Trinajstić information content (AvgIpc) is 2.29. The third-order valence-electron chi connectivity index (χ3n) is 1.67. The number of amides is 1. The second kappa shape index (κ2) is 8.15. The van der Waals surface area contributed by atoms with Crippen molar-refractivity contribution in [2.24, 2.45) is 0 Å². The molecule has 0 aromatic heterocycles. The molecule has 0 rings (SSSR count). The summed E-state index contributed by atoms with van der Waals surface area (Å²) in [6.07, 6.45) is -4.66. The minimum atomic E-state index is -4.41. The average molecular weight is 292 g/mol. The smallest absolute Gasteiger partial charge is 0.411 e. The number of alkyl halides is 4. The minimum absolute atomic E-state index is 0.160. The monoisotopic (exact) mass is 291 g/mol. The van der Waals surface area contributed by atoms with Crippen molar-refractivity contribution in [2.45, 2.75) is 18.0 Å². The molecule has 0 aromatic carbocycles. The fourth-order valence-electron chi connectivity index (χ4n) is 0.856. The van der Waals surface area contributed by atoms with Crippen molar-refractivity contribution < 1.29 is 32.2 Å². The van der Waals surface area contributed by atoms with Crippen molar-refractivity contribution in [3.63, 3.8) is 0 Å². The number of ether oxygens (including phenoxy) is 2. The van der Waals surface area contributed by atoms with Gasteiger partial charge in [-0.15, -0.1) is 11.6 Å². The number of methoxy groups -OCH3 is 1. The molecule has 5 nitrogen and oxygen atoms in total. The predicted molar refractivity (Wildman–Crippen MR) is 56.2 cm³/mol. The van der Waals surface area contributed by atoms with Gasteiger partial charge in [0.1, 0.15) is 12.0 Å². The van der Waals surface area contributed by atoms with Crippen LogP contribution in [0.1, 0.15) is 6.42 Å². The summed E-state index contributed by atoms with van der Waals surface area (Å²) >= 11 is 5.53. The molecule has 9 heteroatoms. The van der Waals surface area contributed by atoms with Crippen molar-refractivity contribution in [3.8, 4) is 0 Å². The zero-order valence-corrected chi connectivity index (χ0v) is 10.3. The molecule has 0 aliphatic carbocycles. The maximum absolute atomic E-state index is 11.7. The molecule has 0 heterocycles. The molecule has 1 unspecified atom stereocenters. The van der Waals surface area contributed by atoms with E-state index in [1.54, 1.807) is 0 Å². The van der Waals surface area contributed by atoms with Crippen molar-refractivity contribution in [1.29, 1.82) is 0 Å². The Morgan fingerprint density at radius 2 is 2.00 bits per heavy atom. The highest BCUT2D eigenvalue weighted by atomic mass is 35.5. The number of nitrogens with one attached hydrogen (secondary N) is 1. The summed E-state index contributed by atoms with van der Waals surface area (Å²) in [6.45, 7) is -1.93. The molecule has 1 atom stereocenters. The summed E-state index contributed by atoms with van der Waals surface area (Å²) in [5.41, 5.74) is 0. The molecule has 0 saturated carbocycles. The maximum atomic E-state index is 11.7. The summed E-state index contributed by atoms with van der Waals surface area (Å²) < 4.78 is 43.5. The zero-order valence-electron chi connectivity index (χ0n) is 9.55. The molecule has 106 valence electrons. The van der Waals surface area contributed by atoms with Gasteiger partial charge in [0.25, 0.3) is 0 Å². The van der Waals surface area contributed by atoms with Crippen LogP contribution < -0.4 is 5.32 Å². The van der Waals surface area contributed by atoms with E-state index >= 15 is 0 Å². The van der Waals surface area contributed by atoms with Crippen LogP contribution in [0.15, 0.2) is 0 Å². The number of carbonyl (C=O) groups excluding carboxylic acids is 2. The van der Waals surface area contributed by atoms with E-state index < -0.39 is 30.0 Å². The quantitative estimate of drug-likeness (QED) is 0.429. The molecule has 0 bridgehead atoms. The zero-order chi connectivity index (χ0) is 14.2. The van der Waals surface area contributed by atoms with Crippen LogP contribution >= 0.6 is 11.6 Å². The Kier molecular flexibility index (Phi) is 7.69. The predicted octanol–water partition coefficient (Wildman–Crippen LogP) is 0.852. The molecule has 0 fully saturated rings. The Hall–Kier alpha value is -1.02. The van der Waals surface area contributed by atoms with Gasteiger partial charge in [0.2, 0.25) is 5.91 Å². The van der Waals surface area contributed by atoms with Gasteiger partial charge in [-0.25, -0.2) is 0 Å². The first kappa shape index (κ1) is 17.0. The van der Waals surface area contributed by atoms with E-state index in [4.69, 9.17) is 11.6 Å². The number of rotatable bonds is 7. The fraction of sp³-hybridized carbons (Fsp3) is 0.778. The van der Waals surface area contributed by atoms with Crippen molar-refractivity contribution in [1.82, 2.24) is 5.32 Å². The Morgan fingerprint density at radius 3 is 2.50 bits per heavy atom. The summed E-state index contributed by atoms with van der Waals surface area (Å²) in [4.78, 5) is 21.9. The summed E-state index contributed by atoms with van der Waals surface area (Å²) in [5, 5.41) is 1.23. The normalized spacial score (nSPS) is 12.9. The lowest BCUT2D eigenvalue weighted by Gasteiger charge is -2.10. The molecular formula is C9H13ClF3NO4. The van der Waals surface area contributed by atoms with Crippen molar-refractivity contribution in [2.75, 3.05) is 26.9 Å². The highest BCUT2D eigenvalue weighted by Crippen LogP contribution is 2.14. The summed E-state index contributed by atoms with van der Waals surface area (Å²) in [7, 11) is 1.14. The van der Waals surface area contributed by atoms with Crippen molar-refractivity contribution in [3.05, 3.63) is 0 Å². The maximum Gasteiger partial charge on any atom is 0.411 e. The number of hydrogen-bond donors (Lipinski definition) is 1. The number of esters is 1. The number of carbonyl (C=O) groups is 2. The Morgan fingerprint density at radius 1 is 1.39 bits per heavy atom. The van der Waals surface area contributed by atoms with E-state index in [2.05, 4.69) is 14.8 Å². The lowest BCUT2D eigenvalue weighted by Crippen LogP contribution is -2.34. The van der Waals surface area contributed by atoms with E-state index in [1.807, 2.05) is 0 Å². The van der Waals surface area contributed by atoms with Gasteiger partial charge >= 0.3 is 12.1 Å². The van der Waals surface area contributed by atoms with Gasteiger partial charge in [0.05, 0.1) is 13.7 Å². The lowest BCUT2D eigenvalue weighted by molar-refractivity contribution is -0.174. The van der Waals surface area contributed by atoms with E-state index in [0.717, 1.165) is 7.11 Å². The second-order valence-corrected chi connectivity index (χ2v) is 3.74. The van der Waals surface area contributed by atoms with Crippen LogP contribution in [0.2, 0.25) is 0 Å². The Balaban J connectivity index is 3.64. The molecule has 0 aliphatic heterocycles. The third-order valence-corrected chi connectivity index (χ3v) is 2.01.